The number of alkyl halides is 3. The fourth-order valence-electron chi connectivity index (χ4n) is 3.29. The van der Waals surface area contributed by atoms with Crippen LogP contribution in [0.25, 0.3) is 0 Å². The van der Waals surface area contributed by atoms with Crippen LogP contribution in [0, 0.1) is 23.0 Å². The quantitative estimate of drug-likeness (QED) is 0.369. The van der Waals surface area contributed by atoms with Crippen LogP contribution in [0.4, 0.5) is 27.6 Å². The summed E-state index contributed by atoms with van der Waals surface area (Å²) < 4.78 is 74.3. The molecule has 0 radical (unpaired) electrons. The van der Waals surface area contributed by atoms with Crippen LogP contribution in [0.3, 0.4) is 0 Å². The van der Waals surface area contributed by atoms with Crippen LogP contribution in [-0.2, 0) is 16.6 Å². The van der Waals surface area contributed by atoms with Crippen molar-refractivity contribution in [3.8, 4) is 6.07 Å². The summed E-state index contributed by atoms with van der Waals surface area (Å²) in [5, 5.41) is 11.9. The summed E-state index contributed by atoms with van der Waals surface area (Å²) in [5.74, 6) is -7.14. The first kappa shape index (κ1) is 25.1. The number of benzene rings is 1. The average Bonchev–Trinajstić information content (AvgIpc) is 3.32. The number of carbonyl (C=O) groups is 3. The van der Waals surface area contributed by atoms with Crippen molar-refractivity contribution in [3.63, 3.8) is 0 Å². The number of nitriles is 1. The van der Waals surface area contributed by atoms with E-state index in [9.17, 15) is 31.9 Å². The van der Waals surface area contributed by atoms with Gasteiger partial charge in [-0.15, -0.1) is 0 Å². The number of hydrogen-bond acceptors (Lipinski definition) is 5. The molecule has 1 saturated heterocycles. The molecule has 1 unspecified atom stereocenters. The minimum absolute atomic E-state index is 0.0985. The van der Waals surface area contributed by atoms with Gasteiger partial charge in [0.05, 0.1) is 12.2 Å². The molecule has 1 atom stereocenters. The molecule has 0 spiro atoms. The molecule has 1 aliphatic rings. The Morgan fingerprint density at radius 1 is 1.26 bits per heavy atom. The number of Topliss-reactive ketones (excluding diaryl/α,β-unsaturated/α-hetero) is 1. The molecule has 0 bridgehead atoms. The third-order valence-corrected chi connectivity index (χ3v) is 5.62. The zero-order valence-electron chi connectivity index (χ0n) is 17.1. The maximum atomic E-state index is 15.0. The lowest BCUT2D eigenvalue weighted by Gasteiger charge is -2.30. The number of ketones is 1. The van der Waals surface area contributed by atoms with Gasteiger partial charge < -0.3 is 19.9 Å². The molecule has 3 rings (SSSR count). The van der Waals surface area contributed by atoms with Gasteiger partial charge in [0.25, 0.3) is 17.6 Å². The Balaban J connectivity index is 1.90. The van der Waals surface area contributed by atoms with Crippen LogP contribution in [0.1, 0.15) is 32.8 Å². The Labute approximate surface area is 193 Å². The van der Waals surface area contributed by atoms with Crippen molar-refractivity contribution >= 4 is 34.9 Å². The van der Waals surface area contributed by atoms with E-state index in [1.165, 1.54) is 0 Å². The summed E-state index contributed by atoms with van der Waals surface area (Å²) in [6.07, 6.45) is -5.61. The van der Waals surface area contributed by atoms with E-state index in [-0.39, 0.29) is 12.3 Å². The van der Waals surface area contributed by atoms with Crippen LogP contribution in [0.2, 0.25) is 5.15 Å². The van der Waals surface area contributed by atoms with E-state index in [0.717, 1.165) is 25.2 Å². The van der Waals surface area contributed by atoms with Gasteiger partial charge in [-0.3, -0.25) is 14.4 Å². The Hall–Kier alpha value is -3.50. The Morgan fingerprint density at radius 3 is 2.50 bits per heavy atom. The normalized spacial score (nSPS) is 17.8. The summed E-state index contributed by atoms with van der Waals surface area (Å²) in [6, 6.07) is 4.48. The Kier molecular flexibility index (Phi) is 6.68. The van der Waals surface area contributed by atoms with E-state index in [1.54, 1.807) is 11.4 Å². The van der Waals surface area contributed by atoms with Crippen molar-refractivity contribution in [1.82, 2.24) is 9.88 Å². The summed E-state index contributed by atoms with van der Waals surface area (Å²) in [7, 11) is 1.07. The third kappa shape index (κ3) is 4.34. The molecule has 2 heterocycles. The predicted molar refractivity (Wildman–Crippen MR) is 106 cm³/mol. The van der Waals surface area contributed by atoms with Crippen molar-refractivity contribution < 1.29 is 41.1 Å². The molecule has 180 valence electrons. The fourth-order valence-corrected chi connectivity index (χ4v) is 3.55. The maximum Gasteiger partial charge on any atom is 0.413 e. The van der Waals surface area contributed by atoms with Crippen molar-refractivity contribution in [2.75, 3.05) is 18.5 Å². The molecule has 2 aromatic rings. The van der Waals surface area contributed by atoms with Gasteiger partial charge in [0.1, 0.15) is 28.3 Å². The fraction of sp³-hybridized carbons (Fsp3) is 0.300. The first-order valence-electron chi connectivity index (χ1n) is 9.39. The largest absolute Gasteiger partial charge is 0.413 e. The minimum atomic E-state index is -4.96. The zero-order valence-corrected chi connectivity index (χ0v) is 17.9. The Bertz CT molecular complexity index is 1230. The van der Waals surface area contributed by atoms with E-state index in [1.807, 2.05) is 0 Å². The number of hydrogen-bond donors (Lipinski definition) is 2. The monoisotopic (exact) mass is 504 g/mol. The van der Waals surface area contributed by atoms with Crippen molar-refractivity contribution in [2.45, 2.75) is 18.1 Å². The number of nitrogens with zero attached hydrogens (tertiary/aromatic N) is 2. The maximum absolute atomic E-state index is 15.0. The van der Waals surface area contributed by atoms with E-state index in [0.29, 0.717) is 4.57 Å². The number of carbonyl (C=O) groups excluding carboxylic acids is 3. The molecule has 1 aromatic carbocycles. The molecular weight excluding hydrogens is 491 g/mol. The van der Waals surface area contributed by atoms with Crippen LogP contribution in [-0.4, -0.2) is 47.1 Å². The summed E-state index contributed by atoms with van der Waals surface area (Å²) in [6.45, 7) is -1.26. The lowest BCUT2D eigenvalue weighted by molar-refractivity contribution is -0.196. The first-order chi connectivity index (χ1) is 15.8. The molecule has 8 nitrogen and oxygen atoms in total. The second kappa shape index (κ2) is 9.03. The molecule has 1 aromatic heterocycles. The molecule has 0 saturated carbocycles. The van der Waals surface area contributed by atoms with Crippen molar-refractivity contribution in [1.29, 1.82) is 5.26 Å². The summed E-state index contributed by atoms with van der Waals surface area (Å²) in [5.41, 5.74) is -5.29. The first-order valence-corrected chi connectivity index (χ1v) is 9.76. The highest BCUT2D eigenvalue weighted by Gasteiger charge is 2.58. The molecule has 0 aliphatic carbocycles. The molecule has 1 fully saturated rings. The third-order valence-electron chi connectivity index (χ3n) is 5.17. The van der Waals surface area contributed by atoms with Gasteiger partial charge in [0, 0.05) is 25.8 Å². The van der Waals surface area contributed by atoms with Crippen LogP contribution < -0.4 is 10.6 Å². The Morgan fingerprint density at radius 2 is 1.94 bits per heavy atom. The smallest absolute Gasteiger partial charge is 0.379 e. The number of ether oxygens (including phenoxy) is 1. The second-order valence-corrected chi connectivity index (χ2v) is 7.67. The average molecular weight is 505 g/mol. The number of amides is 2. The summed E-state index contributed by atoms with van der Waals surface area (Å²) >= 11 is 5.92. The molecule has 14 heteroatoms. The van der Waals surface area contributed by atoms with E-state index in [4.69, 9.17) is 21.6 Å². The van der Waals surface area contributed by atoms with Crippen molar-refractivity contribution in [2.24, 2.45) is 7.05 Å². The topological polar surface area (TPSA) is 113 Å². The number of nitrogens with one attached hydrogen (secondary N) is 2. The van der Waals surface area contributed by atoms with Gasteiger partial charge in [0.15, 0.2) is 11.4 Å². The van der Waals surface area contributed by atoms with Gasteiger partial charge in [0.2, 0.25) is 0 Å². The van der Waals surface area contributed by atoms with E-state index < -0.39 is 75.9 Å². The zero-order chi connectivity index (χ0) is 25.4. The van der Waals surface area contributed by atoms with Crippen LogP contribution in [0.5, 0.6) is 0 Å². The lowest BCUT2D eigenvalue weighted by atomic mass is 9.97. The molecule has 34 heavy (non-hydrogen) atoms. The second-order valence-electron chi connectivity index (χ2n) is 7.31. The number of anilines is 1. The van der Waals surface area contributed by atoms with Gasteiger partial charge in [-0.2, -0.15) is 18.4 Å². The van der Waals surface area contributed by atoms with Gasteiger partial charge in [-0.05, 0) is 18.2 Å². The molecular formula is C20H14ClF5N4O4. The van der Waals surface area contributed by atoms with Crippen molar-refractivity contribution in [3.05, 3.63) is 51.8 Å². The van der Waals surface area contributed by atoms with E-state index >= 15 is 4.39 Å². The van der Waals surface area contributed by atoms with Crippen LogP contribution >= 0.6 is 11.6 Å². The lowest BCUT2D eigenvalue weighted by Crippen LogP contribution is -2.60. The number of aromatic nitrogens is 1. The van der Waals surface area contributed by atoms with Gasteiger partial charge in [-0.1, -0.05) is 11.6 Å². The molecule has 2 N–H and O–H groups in total. The minimum Gasteiger partial charge on any atom is -0.379 e. The molecule has 1 aliphatic heterocycles. The highest BCUT2D eigenvalue weighted by Crippen LogP contribution is 2.37. The SMILES string of the molecule is Cn1c(Cl)c(C(=O)C(=O)NC2(C(F)(F)F)CCOC2)c(F)c1C(=O)Nc1ccc(F)c(C#N)c1. The highest BCUT2D eigenvalue weighted by atomic mass is 35.5. The number of halogens is 6. The van der Waals surface area contributed by atoms with Gasteiger partial charge in [-0.25, -0.2) is 8.78 Å². The molecule has 2 amide bonds. The highest BCUT2D eigenvalue weighted by molar-refractivity contribution is 6.47. The number of rotatable bonds is 5. The summed E-state index contributed by atoms with van der Waals surface area (Å²) in [4.78, 5) is 37.4. The predicted octanol–water partition coefficient (Wildman–Crippen LogP) is 3.10. The standard InChI is InChI=1S/C20H14ClF5N4O4/c1-30-14(17(32)28-10-2-3-11(22)9(6-10)7-27)13(23)12(16(30)21)15(31)18(33)29-19(20(24,25)26)4-5-34-8-19/h2-3,6H,4-5,8H2,1H3,(H,28,32)(H,29,33). The van der Waals surface area contributed by atoms with Crippen LogP contribution in [0.15, 0.2) is 18.2 Å². The van der Waals surface area contributed by atoms with Gasteiger partial charge >= 0.3 is 6.18 Å². The van der Waals surface area contributed by atoms with E-state index in [2.05, 4.69) is 5.32 Å².